The molecule has 9 heteroatoms. The van der Waals surface area contributed by atoms with Gasteiger partial charge in [-0.25, -0.2) is 0 Å². The van der Waals surface area contributed by atoms with Crippen LogP contribution in [0.5, 0.6) is 0 Å². The zero-order valence-electron chi connectivity index (χ0n) is 21.8. The van der Waals surface area contributed by atoms with Gasteiger partial charge in [0.25, 0.3) is 0 Å². The number of hydrogen-bond donors (Lipinski definition) is 1. The maximum atomic E-state index is 6.67. The van der Waals surface area contributed by atoms with Crippen LogP contribution in [-0.2, 0) is 4.74 Å². The second kappa shape index (κ2) is 10.8. The van der Waals surface area contributed by atoms with Gasteiger partial charge < -0.3 is 24.4 Å². The first kappa shape index (κ1) is 26.1. The van der Waals surface area contributed by atoms with Crippen molar-refractivity contribution < 1.29 is 4.74 Å². The minimum absolute atomic E-state index is 0.125. The molecule has 2 saturated heterocycles. The molecule has 0 saturated carbocycles. The van der Waals surface area contributed by atoms with E-state index in [4.69, 9.17) is 45.1 Å². The molecule has 1 N–H and O–H groups in total. The number of halogens is 2. The van der Waals surface area contributed by atoms with Crippen molar-refractivity contribution in [1.29, 1.82) is 0 Å². The molecular weight excluding hydrogens is 549 g/mol. The predicted octanol–water partition coefficient (Wildman–Crippen LogP) is 6.81. The van der Waals surface area contributed by atoms with Crippen LogP contribution >= 0.6 is 35.4 Å². The molecule has 200 valence electrons. The topological polar surface area (TPSA) is 45.6 Å². The molecule has 6 rings (SSSR count). The average molecular weight is 579 g/mol. The largest absolute Gasteiger partial charge is 0.378 e. The Labute approximate surface area is 244 Å². The molecule has 2 fully saturated rings. The molecule has 2 aliphatic heterocycles. The summed E-state index contributed by atoms with van der Waals surface area (Å²) < 4.78 is 7.69. The van der Waals surface area contributed by atoms with Crippen LogP contribution in [0.3, 0.4) is 0 Å². The van der Waals surface area contributed by atoms with Crippen LogP contribution in [-0.4, -0.2) is 41.0 Å². The molecule has 4 aromatic rings. The van der Waals surface area contributed by atoms with Crippen molar-refractivity contribution in [3.05, 3.63) is 106 Å². The van der Waals surface area contributed by atoms with E-state index in [0.717, 1.165) is 60.3 Å². The second-order valence-corrected chi connectivity index (χ2v) is 11.0. The predicted molar refractivity (Wildman–Crippen MR) is 163 cm³/mol. The van der Waals surface area contributed by atoms with Crippen LogP contribution in [0, 0.1) is 13.8 Å². The van der Waals surface area contributed by atoms with Gasteiger partial charge in [0.1, 0.15) is 0 Å². The number of anilines is 2. The third kappa shape index (κ3) is 4.78. The number of morpholine rings is 1. The lowest BCUT2D eigenvalue weighted by atomic mass is 9.96. The number of aromatic nitrogens is 2. The highest BCUT2D eigenvalue weighted by molar-refractivity contribution is 7.80. The first-order valence-electron chi connectivity index (χ1n) is 13.0. The van der Waals surface area contributed by atoms with Crippen LogP contribution in [0.2, 0.25) is 10.0 Å². The Morgan fingerprint density at radius 2 is 1.69 bits per heavy atom. The highest BCUT2D eigenvalue weighted by Crippen LogP contribution is 2.44. The van der Waals surface area contributed by atoms with Gasteiger partial charge in [0, 0.05) is 42.0 Å². The van der Waals surface area contributed by atoms with E-state index in [0.29, 0.717) is 15.2 Å². The summed E-state index contributed by atoms with van der Waals surface area (Å²) in [5.74, 6) is 0. The fourth-order valence-electron chi connectivity index (χ4n) is 5.72. The molecule has 2 atom stereocenters. The standard InChI is InChI=1S/C30H29Cl2N5OS/c1-19-18-23(20(2)36(19)26-8-5-6-24(31)27(26)32)29-28(25-7-3-4-13-33-25)34-30(39)37(29)22-11-9-21(10-12-22)35-14-16-38-17-15-35/h3-13,18,28-29H,14-17H2,1-2H3,(H,34,39). The molecular formula is C30H29Cl2N5OS. The number of nitrogens with zero attached hydrogens (tertiary/aromatic N) is 4. The summed E-state index contributed by atoms with van der Waals surface area (Å²) in [5.41, 5.74) is 7.28. The Morgan fingerprint density at radius 1 is 0.949 bits per heavy atom. The van der Waals surface area contributed by atoms with E-state index >= 15 is 0 Å². The summed E-state index contributed by atoms with van der Waals surface area (Å²) in [6.45, 7) is 7.50. The van der Waals surface area contributed by atoms with Gasteiger partial charge in [0.15, 0.2) is 5.11 Å². The van der Waals surface area contributed by atoms with Crippen molar-refractivity contribution in [2.75, 3.05) is 36.1 Å². The fraction of sp³-hybridized carbons (Fsp3) is 0.267. The number of rotatable bonds is 5. The molecule has 39 heavy (non-hydrogen) atoms. The number of hydrogen-bond acceptors (Lipinski definition) is 4. The lowest BCUT2D eigenvalue weighted by Crippen LogP contribution is -2.36. The molecule has 0 radical (unpaired) electrons. The average Bonchev–Trinajstić information content (AvgIpc) is 3.46. The summed E-state index contributed by atoms with van der Waals surface area (Å²) in [5, 5.41) is 5.30. The quantitative estimate of drug-likeness (QED) is 0.263. The van der Waals surface area contributed by atoms with E-state index in [1.807, 2.05) is 36.5 Å². The van der Waals surface area contributed by atoms with Crippen molar-refractivity contribution >= 4 is 51.9 Å². The summed E-state index contributed by atoms with van der Waals surface area (Å²) in [6, 6.07) is 22.3. The van der Waals surface area contributed by atoms with Gasteiger partial charge in [-0.15, -0.1) is 0 Å². The molecule has 2 unspecified atom stereocenters. The maximum Gasteiger partial charge on any atom is 0.174 e. The van der Waals surface area contributed by atoms with E-state index in [1.54, 1.807) is 6.07 Å². The number of aryl methyl sites for hydroxylation is 1. The summed E-state index contributed by atoms with van der Waals surface area (Å²) >= 11 is 19.0. The van der Waals surface area contributed by atoms with Crippen molar-refractivity contribution in [3.8, 4) is 5.69 Å². The summed E-state index contributed by atoms with van der Waals surface area (Å²) in [7, 11) is 0. The number of thiocarbonyl (C=S) groups is 1. The summed E-state index contributed by atoms with van der Waals surface area (Å²) in [4.78, 5) is 9.27. The van der Waals surface area contributed by atoms with Crippen molar-refractivity contribution in [1.82, 2.24) is 14.9 Å². The minimum atomic E-state index is -0.138. The van der Waals surface area contributed by atoms with Gasteiger partial charge in [-0.2, -0.15) is 0 Å². The van der Waals surface area contributed by atoms with Gasteiger partial charge in [-0.1, -0.05) is 35.3 Å². The highest BCUT2D eigenvalue weighted by atomic mass is 35.5. The lowest BCUT2D eigenvalue weighted by Gasteiger charge is -2.31. The second-order valence-electron chi connectivity index (χ2n) is 9.85. The zero-order chi connectivity index (χ0) is 27.1. The molecule has 2 aromatic heterocycles. The van der Waals surface area contributed by atoms with E-state index in [2.05, 4.69) is 63.9 Å². The van der Waals surface area contributed by atoms with Crippen LogP contribution < -0.4 is 15.1 Å². The summed E-state index contributed by atoms with van der Waals surface area (Å²) in [6.07, 6.45) is 1.83. The molecule has 0 amide bonds. The number of benzene rings is 2. The third-order valence-electron chi connectivity index (χ3n) is 7.56. The molecule has 6 nitrogen and oxygen atoms in total. The Bertz CT molecular complexity index is 1500. The Hall–Kier alpha value is -3.10. The maximum absolute atomic E-state index is 6.67. The normalized spacial score (nSPS) is 19.4. The monoisotopic (exact) mass is 577 g/mol. The zero-order valence-corrected chi connectivity index (χ0v) is 24.1. The minimum Gasteiger partial charge on any atom is -0.378 e. The van der Waals surface area contributed by atoms with Crippen LogP contribution in [0.1, 0.15) is 34.7 Å². The fourth-order valence-corrected chi connectivity index (χ4v) is 6.44. The lowest BCUT2D eigenvalue weighted by molar-refractivity contribution is 0.122. The van der Waals surface area contributed by atoms with Gasteiger partial charge in [0.05, 0.1) is 46.7 Å². The number of ether oxygens (including phenoxy) is 1. The van der Waals surface area contributed by atoms with Gasteiger partial charge in [-0.3, -0.25) is 4.98 Å². The van der Waals surface area contributed by atoms with Gasteiger partial charge in [0.2, 0.25) is 0 Å². The van der Waals surface area contributed by atoms with Crippen LogP contribution in [0.15, 0.2) is 72.9 Å². The van der Waals surface area contributed by atoms with E-state index in [9.17, 15) is 0 Å². The van der Waals surface area contributed by atoms with E-state index in [1.165, 1.54) is 5.69 Å². The van der Waals surface area contributed by atoms with Crippen LogP contribution in [0.4, 0.5) is 11.4 Å². The van der Waals surface area contributed by atoms with Gasteiger partial charge >= 0.3 is 0 Å². The SMILES string of the molecule is Cc1cc(C2C(c3ccccn3)NC(=S)N2c2ccc(N3CCOCC3)cc2)c(C)n1-c1cccc(Cl)c1Cl. The Kier molecular flexibility index (Phi) is 7.25. The molecule has 4 heterocycles. The number of pyridine rings is 1. The number of nitrogens with one attached hydrogen (secondary N) is 1. The van der Waals surface area contributed by atoms with Crippen molar-refractivity contribution in [2.45, 2.75) is 25.9 Å². The van der Waals surface area contributed by atoms with E-state index < -0.39 is 0 Å². The smallest absolute Gasteiger partial charge is 0.174 e. The Balaban J connectivity index is 1.45. The molecule has 0 bridgehead atoms. The first-order valence-corrected chi connectivity index (χ1v) is 14.2. The third-order valence-corrected chi connectivity index (χ3v) is 8.69. The molecule has 0 spiro atoms. The molecule has 2 aromatic carbocycles. The highest BCUT2D eigenvalue weighted by Gasteiger charge is 2.42. The van der Waals surface area contributed by atoms with Crippen molar-refractivity contribution in [3.63, 3.8) is 0 Å². The first-order chi connectivity index (χ1) is 18.9. The van der Waals surface area contributed by atoms with Crippen molar-refractivity contribution in [2.24, 2.45) is 0 Å². The van der Waals surface area contributed by atoms with Gasteiger partial charge in [-0.05, 0) is 86.2 Å². The van der Waals surface area contributed by atoms with Crippen LogP contribution in [0.25, 0.3) is 5.69 Å². The Morgan fingerprint density at radius 3 is 2.41 bits per heavy atom. The van der Waals surface area contributed by atoms with E-state index in [-0.39, 0.29) is 12.1 Å². The molecule has 2 aliphatic rings. The molecule has 0 aliphatic carbocycles.